The molecule has 0 fully saturated rings. The van der Waals surface area contributed by atoms with E-state index in [-0.39, 0.29) is 12.6 Å². The van der Waals surface area contributed by atoms with Crippen molar-refractivity contribution >= 4 is 0 Å². The van der Waals surface area contributed by atoms with Crippen molar-refractivity contribution in [1.29, 1.82) is 0 Å². The first kappa shape index (κ1) is 16.9. The van der Waals surface area contributed by atoms with Crippen molar-refractivity contribution in [2.45, 2.75) is 25.5 Å². The molecule has 0 aromatic heterocycles. The molecule has 0 radical (unpaired) electrons. The van der Waals surface area contributed by atoms with Crippen molar-refractivity contribution in [3.8, 4) is 5.75 Å². The highest BCUT2D eigenvalue weighted by atomic mass is 16.5. The Labute approximate surface area is 120 Å². The van der Waals surface area contributed by atoms with Crippen molar-refractivity contribution in [3.63, 3.8) is 0 Å². The SMILES string of the molecule is COCC(CCO)NCC(O)c1cc(C)ccc1OC. The molecule has 20 heavy (non-hydrogen) atoms. The highest BCUT2D eigenvalue weighted by Gasteiger charge is 2.15. The topological polar surface area (TPSA) is 71.0 Å². The first-order chi connectivity index (χ1) is 9.62. The monoisotopic (exact) mass is 283 g/mol. The minimum absolute atomic E-state index is 0.0236. The largest absolute Gasteiger partial charge is 0.496 e. The summed E-state index contributed by atoms with van der Waals surface area (Å²) in [7, 11) is 3.21. The van der Waals surface area contributed by atoms with Crippen molar-refractivity contribution in [2.75, 3.05) is 34.0 Å². The molecule has 5 heteroatoms. The first-order valence-electron chi connectivity index (χ1n) is 6.78. The van der Waals surface area contributed by atoms with Gasteiger partial charge in [0.15, 0.2) is 0 Å². The fourth-order valence-corrected chi connectivity index (χ4v) is 2.10. The molecule has 0 aliphatic rings. The Balaban J connectivity index is 2.65. The zero-order valence-electron chi connectivity index (χ0n) is 12.4. The van der Waals surface area contributed by atoms with Crippen LogP contribution in [0.1, 0.15) is 23.7 Å². The van der Waals surface area contributed by atoms with Crippen LogP contribution in [0.2, 0.25) is 0 Å². The number of aliphatic hydroxyl groups is 2. The first-order valence-corrected chi connectivity index (χ1v) is 6.78. The Hall–Kier alpha value is -1.14. The van der Waals surface area contributed by atoms with E-state index in [9.17, 15) is 5.11 Å². The van der Waals surface area contributed by atoms with Gasteiger partial charge in [-0.3, -0.25) is 0 Å². The molecule has 0 aliphatic carbocycles. The molecule has 3 N–H and O–H groups in total. The zero-order chi connectivity index (χ0) is 15.0. The lowest BCUT2D eigenvalue weighted by molar-refractivity contribution is 0.125. The smallest absolute Gasteiger partial charge is 0.124 e. The van der Waals surface area contributed by atoms with Gasteiger partial charge < -0.3 is 25.0 Å². The van der Waals surface area contributed by atoms with E-state index in [1.54, 1.807) is 14.2 Å². The van der Waals surface area contributed by atoms with Crippen molar-refractivity contribution in [2.24, 2.45) is 0 Å². The maximum absolute atomic E-state index is 10.3. The van der Waals surface area contributed by atoms with E-state index in [2.05, 4.69) is 5.32 Å². The second kappa shape index (κ2) is 8.92. The van der Waals surface area contributed by atoms with Gasteiger partial charge >= 0.3 is 0 Å². The van der Waals surface area contributed by atoms with Crippen LogP contribution in [0.5, 0.6) is 5.75 Å². The third-order valence-corrected chi connectivity index (χ3v) is 3.19. The molecule has 1 aromatic rings. The number of benzene rings is 1. The quantitative estimate of drug-likeness (QED) is 0.631. The summed E-state index contributed by atoms with van der Waals surface area (Å²) in [6.45, 7) is 2.94. The third kappa shape index (κ3) is 5.09. The third-order valence-electron chi connectivity index (χ3n) is 3.19. The summed E-state index contributed by atoms with van der Waals surface area (Å²) in [4.78, 5) is 0. The summed E-state index contributed by atoms with van der Waals surface area (Å²) >= 11 is 0. The molecule has 0 aliphatic heterocycles. The molecule has 0 amide bonds. The zero-order valence-corrected chi connectivity index (χ0v) is 12.4. The number of methoxy groups -OCH3 is 2. The van der Waals surface area contributed by atoms with Crippen LogP contribution in [-0.4, -0.2) is 50.2 Å². The van der Waals surface area contributed by atoms with Gasteiger partial charge in [-0.25, -0.2) is 0 Å². The van der Waals surface area contributed by atoms with Crippen LogP contribution < -0.4 is 10.1 Å². The van der Waals surface area contributed by atoms with Crippen molar-refractivity contribution in [3.05, 3.63) is 29.3 Å². The van der Waals surface area contributed by atoms with Gasteiger partial charge in [-0.05, 0) is 25.5 Å². The second-order valence-corrected chi connectivity index (χ2v) is 4.83. The van der Waals surface area contributed by atoms with Crippen LogP contribution >= 0.6 is 0 Å². The van der Waals surface area contributed by atoms with E-state index in [0.717, 1.165) is 11.1 Å². The molecule has 2 atom stereocenters. The molecule has 1 rings (SSSR count). The van der Waals surface area contributed by atoms with E-state index in [0.29, 0.717) is 25.3 Å². The number of hydrogen-bond donors (Lipinski definition) is 3. The summed E-state index contributed by atoms with van der Waals surface area (Å²) in [6, 6.07) is 5.74. The van der Waals surface area contributed by atoms with Gasteiger partial charge in [-0.1, -0.05) is 11.6 Å². The predicted molar refractivity (Wildman–Crippen MR) is 78.1 cm³/mol. The Morgan fingerprint density at radius 2 is 2.05 bits per heavy atom. The Bertz CT molecular complexity index is 391. The average molecular weight is 283 g/mol. The number of rotatable bonds is 9. The Morgan fingerprint density at radius 3 is 2.65 bits per heavy atom. The van der Waals surface area contributed by atoms with Crippen LogP contribution in [0.4, 0.5) is 0 Å². The highest BCUT2D eigenvalue weighted by Crippen LogP contribution is 2.25. The molecule has 0 saturated carbocycles. The van der Waals surface area contributed by atoms with E-state index in [4.69, 9.17) is 14.6 Å². The van der Waals surface area contributed by atoms with E-state index < -0.39 is 6.10 Å². The van der Waals surface area contributed by atoms with E-state index >= 15 is 0 Å². The summed E-state index contributed by atoms with van der Waals surface area (Å²) in [5.74, 6) is 0.676. The minimum Gasteiger partial charge on any atom is -0.496 e. The van der Waals surface area contributed by atoms with Gasteiger partial charge in [0.1, 0.15) is 5.75 Å². The summed E-state index contributed by atoms with van der Waals surface area (Å²) in [6.07, 6.45) is -0.0752. The van der Waals surface area contributed by atoms with Crippen LogP contribution in [-0.2, 0) is 4.74 Å². The Kier molecular flexibility index (Phi) is 7.54. The van der Waals surface area contributed by atoms with Crippen LogP contribution in [0, 0.1) is 6.92 Å². The van der Waals surface area contributed by atoms with Crippen LogP contribution in [0.25, 0.3) is 0 Å². The lowest BCUT2D eigenvalue weighted by atomic mass is 10.0. The molecule has 2 unspecified atom stereocenters. The van der Waals surface area contributed by atoms with Gasteiger partial charge in [0, 0.05) is 31.9 Å². The molecule has 114 valence electrons. The normalized spacial score (nSPS) is 14.1. The predicted octanol–water partition coefficient (Wildman–Crippen LogP) is 1.02. The average Bonchev–Trinajstić information content (AvgIpc) is 2.45. The maximum Gasteiger partial charge on any atom is 0.124 e. The van der Waals surface area contributed by atoms with Crippen molar-refractivity contribution < 1.29 is 19.7 Å². The number of aryl methyl sites for hydroxylation is 1. The molecule has 5 nitrogen and oxygen atoms in total. The number of nitrogens with one attached hydrogen (secondary N) is 1. The number of hydrogen-bond acceptors (Lipinski definition) is 5. The molecule has 0 spiro atoms. The number of aliphatic hydroxyl groups excluding tert-OH is 2. The summed E-state index contributed by atoms with van der Waals surface area (Å²) < 4.78 is 10.3. The fourth-order valence-electron chi connectivity index (χ4n) is 2.10. The van der Waals surface area contributed by atoms with E-state index in [1.807, 2.05) is 25.1 Å². The van der Waals surface area contributed by atoms with Crippen molar-refractivity contribution in [1.82, 2.24) is 5.32 Å². The Morgan fingerprint density at radius 1 is 1.30 bits per heavy atom. The fraction of sp³-hybridized carbons (Fsp3) is 0.600. The van der Waals surface area contributed by atoms with Crippen LogP contribution in [0.3, 0.4) is 0 Å². The van der Waals surface area contributed by atoms with Gasteiger partial charge in [-0.2, -0.15) is 0 Å². The molecule has 0 saturated heterocycles. The van der Waals surface area contributed by atoms with Gasteiger partial charge in [-0.15, -0.1) is 0 Å². The van der Waals surface area contributed by atoms with Crippen LogP contribution in [0.15, 0.2) is 18.2 Å². The summed E-state index contributed by atoms with van der Waals surface area (Å²) in [5, 5.41) is 22.5. The second-order valence-electron chi connectivity index (χ2n) is 4.83. The molecule has 1 aromatic carbocycles. The van der Waals surface area contributed by atoms with Gasteiger partial charge in [0.05, 0.1) is 19.8 Å². The summed E-state index contributed by atoms with van der Waals surface area (Å²) in [5.41, 5.74) is 1.84. The molecule has 0 bridgehead atoms. The molecule has 0 heterocycles. The van der Waals surface area contributed by atoms with E-state index in [1.165, 1.54) is 0 Å². The van der Waals surface area contributed by atoms with Gasteiger partial charge in [0.25, 0.3) is 0 Å². The maximum atomic E-state index is 10.3. The van der Waals surface area contributed by atoms with Gasteiger partial charge in [0.2, 0.25) is 0 Å². The lowest BCUT2D eigenvalue weighted by Crippen LogP contribution is -2.37. The molecular weight excluding hydrogens is 258 g/mol. The number of ether oxygens (including phenoxy) is 2. The lowest BCUT2D eigenvalue weighted by Gasteiger charge is -2.21. The molecular formula is C15H25NO4. The highest BCUT2D eigenvalue weighted by molar-refractivity contribution is 5.38. The minimum atomic E-state index is -0.664. The standard InChI is InChI=1S/C15H25NO4/c1-11-4-5-15(20-3)13(8-11)14(18)9-16-12(6-7-17)10-19-2/h4-5,8,12,14,16-18H,6-7,9-10H2,1-3H3.